The number of halogens is 1. The molecule has 0 amide bonds. The van der Waals surface area contributed by atoms with Crippen molar-refractivity contribution in [3.63, 3.8) is 0 Å². The van der Waals surface area contributed by atoms with E-state index in [4.69, 9.17) is 16.3 Å². The Kier molecular flexibility index (Phi) is 3.54. The van der Waals surface area contributed by atoms with Gasteiger partial charge < -0.3 is 4.74 Å². The zero-order valence-corrected chi connectivity index (χ0v) is 12.1. The van der Waals surface area contributed by atoms with Crippen molar-refractivity contribution in [1.82, 2.24) is 0 Å². The van der Waals surface area contributed by atoms with Gasteiger partial charge in [-0.1, -0.05) is 48.0 Å². The predicted octanol–water partition coefficient (Wildman–Crippen LogP) is 4.98. The first-order valence-electron chi connectivity index (χ1n) is 6.04. The molecule has 0 saturated heterocycles. The number of benzene rings is 2. The van der Waals surface area contributed by atoms with Gasteiger partial charge >= 0.3 is 0 Å². The van der Waals surface area contributed by atoms with Crippen molar-refractivity contribution in [2.75, 3.05) is 7.11 Å². The number of fused-ring (bicyclic) bond motifs is 2. The van der Waals surface area contributed by atoms with Gasteiger partial charge in [-0.25, -0.2) is 0 Å². The molecule has 0 N–H and O–H groups in total. The van der Waals surface area contributed by atoms with E-state index in [2.05, 4.69) is 30.3 Å². The van der Waals surface area contributed by atoms with Crippen LogP contribution in [0.5, 0.6) is 0 Å². The summed E-state index contributed by atoms with van der Waals surface area (Å²) in [4.78, 5) is 1.13. The maximum atomic E-state index is 6.33. The molecule has 1 aliphatic rings. The summed E-state index contributed by atoms with van der Waals surface area (Å²) in [5.74, 6) is 0.925. The van der Waals surface area contributed by atoms with E-state index in [0.29, 0.717) is 0 Å². The first-order chi connectivity index (χ1) is 9.31. The minimum Gasteiger partial charge on any atom is -0.504 e. The second kappa shape index (κ2) is 5.32. The van der Waals surface area contributed by atoms with Gasteiger partial charge in [-0.15, -0.1) is 11.8 Å². The first-order valence-corrected chi connectivity index (χ1v) is 7.40. The molecule has 0 atom stereocenters. The zero-order chi connectivity index (χ0) is 13.2. The van der Waals surface area contributed by atoms with Crippen LogP contribution >= 0.6 is 23.4 Å². The Balaban J connectivity index is 2.27. The van der Waals surface area contributed by atoms with Crippen molar-refractivity contribution < 1.29 is 4.74 Å². The summed E-state index contributed by atoms with van der Waals surface area (Å²) in [5.41, 5.74) is 4.77. The van der Waals surface area contributed by atoms with Crippen molar-refractivity contribution >= 4 is 28.9 Å². The maximum Gasteiger partial charge on any atom is 0.0909 e. The third-order valence-corrected chi connectivity index (χ3v) is 4.78. The van der Waals surface area contributed by atoms with Gasteiger partial charge in [0.2, 0.25) is 0 Å². The van der Waals surface area contributed by atoms with E-state index in [1.54, 1.807) is 25.1 Å². The van der Waals surface area contributed by atoms with Gasteiger partial charge in [0, 0.05) is 21.8 Å². The normalized spacial score (nSPS) is 15.6. The largest absolute Gasteiger partial charge is 0.504 e. The molecule has 0 saturated carbocycles. The number of hydrogen-bond acceptors (Lipinski definition) is 2. The fourth-order valence-corrected chi connectivity index (χ4v) is 3.75. The average molecular weight is 289 g/mol. The molecule has 2 aromatic rings. The highest BCUT2D eigenvalue weighted by atomic mass is 35.5. The minimum atomic E-state index is 0.803. The molecule has 0 aromatic heterocycles. The van der Waals surface area contributed by atoms with Gasteiger partial charge in [0.15, 0.2) is 0 Å². The molecule has 0 bridgehead atoms. The van der Waals surface area contributed by atoms with Crippen molar-refractivity contribution in [2.24, 2.45) is 0 Å². The van der Waals surface area contributed by atoms with E-state index in [0.717, 1.165) is 26.8 Å². The van der Waals surface area contributed by atoms with Gasteiger partial charge in [0.05, 0.1) is 18.4 Å². The Labute approximate surface area is 122 Å². The first kappa shape index (κ1) is 12.6. The second-order valence-electron chi connectivity index (χ2n) is 4.33. The SMILES string of the molecule is CO/C=C1\c2ccccc2CSc2c(Cl)cccc21. The molecule has 1 heterocycles. The molecule has 0 radical (unpaired) electrons. The lowest BCUT2D eigenvalue weighted by Crippen LogP contribution is -1.92. The highest BCUT2D eigenvalue weighted by Crippen LogP contribution is 2.43. The molecule has 0 fully saturated rings. The maximum absolute atomic E-state index is 6.33. The smallest absolute Gasteiger partial charge is 0.0909 e. The summed E-state index contributed by atoms with van der Waals surface area (Å²) >= 11 is 8.11. The van der Waals surface area contributed by atoms with Crippen molar-refractivity contribution in [2.45, 2.75) is 10.6 Å². The summed E-state index contributed by atoms with van der Waals surface area (Å²) in [7, 11) is 1.68. The van der Waals surface area contributed by atoms with Crippen LogP contribution in [0.2, 0.25) is 5.02 Å². The Bertz CT molecular complexity index is 649. The molecule has 19 heavy (non-hydrogen) atoms. The minimum absolute atomic E-state index is 0.803. The number of thioether (sulfide) groups is 1. The topological polar surface area (TPSA) is 9.23 Å². The molecule has 2 aromatic carbocycles. The Hall–Kier alpha value is -1.38. The van der Waals surface area contributed by atoms with Crippen LogP contribution in [0.3, 0.4) is 0 Å². The van der Waals surface area contributed by atoms with E-state index < -0.39 is 0 Å². The van der Waals surface area contributed by atoms with Crippen molar-refractivity contribution in [3.8, 4) is 0 Å². The van der Waals surface area contributed by atoms with Crippen molar-refractivity contribution in [1.29, 1.82) is 0 Å². The van der Waals surface area contributed by atoms with Crippen LogP contribution in [0.4, 0.5) is 0 Å². The molecular weight excluding hydrogens is 276 g/mol. The molecule has 96 valence electrons. The summed E-state index contributed by atoms with van der Waals surface area (Å²) in [6, 6.07) is 14.4. The standard InChI is InChI=1S/C16H13ClOS/c1-18-9-14-12-6-3-2-5-11(12)10-19-16-13(14)7-4-8-15(16)17/h2-9H,10H2,1H3/b14-9+. The zero-order valence-electron chi connectivity index (χ0n) is 10.5. The molecule has 0 spiro atoms. The van der Waals surface area contributed by atoms with Gasteiger partial charge in [0.25, 0.3) is 0 Å². The number of ether oxygens (including phenoxy) is 1. The van der Waals surface area contributed by atoms with Crippen molar-refractivity contribution in [3.05, 3.63) is 70.4 Å². The highest BCUT2D eigenvalue weighted by Gasteiger charge is 2.20. The summed E-state index contributed by atoms with van der Waals surface area (Å²) in [6.07, 6.45) is 1.81. The monoisotopic (exact) mass is 288 g/mol. The van der Waals surface area contributed by atoms with Crippen LogP contribution in [-0.4, -0.2) is 7.11 Å². The van der Waals surface area contributed by atoms with Gasteiger partial charge in [-0.2, -0.15) is 0 Å². The fraction of sp³-hybridized carbons (Fsp3) is 0.125. The van der Waals surface area contributed by atoms with Crippen LogP contribution < -0.4 is 0 Å². The van der Waals surface area contributed by atoms with E-state index in [1.807, 2.05) is 12.1 Å². The van der Waals surface area contributed by atoms with E-state index in [-0.39, 0.29) is 0 Å². The third kappa shape index (κ3) is 2.26. The predicted molar refractivity (Wildman–Crippen MR) is 81.5 cm³/mol. The van der Waals surface area contributed by atoms with E-state index in [1.165, 1.54) is 11.1 Å². The Morgan fingerprint density at radius 2 is 1.89 bits per heavy atom. The molecule has 3 rings (SSSR count). The highest BCUT2D eigenvalue weighted by molar-refractivity contribution is 7.98. The second-order valence-corrected chi connectivity index (χ2v) is 5.72. The van der Waals surface area contributed by atoms with Crippen LogP contribution in [0.1, 0.15) is 16.7 Å². The number of hydrogen-bond donors (Lipinski definition) is 0. The lowest BCUT2D eigenvalue weighted by atomic mass is 9.95. The van der Waals surface area contributed by atoms with E-state index >= 15 is 0 Å². The lowest BCUT2D eigenvalue weighted by Gasteiger charge is -2.11. The molecule has 0 unspecified atom stereocenters. The van der Waals surface area contributed by atoms with Crippen LogP contribution in [0.15, 0.2) is 53.6 Å². The molecule has 1 nitrogen and oxygen atoms in total. The van der Waals surface area contributed by atoms with Crippen LogP contribution in [-0.2, 0) is 10.5 Å². The Morgan fingerprint density at radius 3 is 2.74 bits per heavy atom. The average Bonchev–Trinajstić information content (AvgIpc) is 2.59. The van der Waals surface area contributed by atoms with Gasteiger partial charge in [0.1, 0.15) is 0 Å². The quantitative estimate of drug-likeness (QED) is 0.684. The number of rotatable bonds is 1. The van der Waals surface area contributed by atoms with Gasteiger partial charge in [-0.3, -0.25) is 0 Å². The molecule has 3 heteroatoms. The number of methoxy groups -OCH3 is 1. The molecular formula is C16H13ClOS. The molecule has 0 aliphatic carbocycles. The summed E-state index contributed by atoms with van der Waals surface area (Å²) in [5, 5.41) is 0.803. The summed E-state index contributed by atoms with van der Waals surface area (Å²) in [6.45, 7) is 0. The van der Waals surface area contributed by atoms with Crippen LogP contribution in [0, 0.1) is 0 Å². The lowest BCUT2D eigenvalue weighted by molar-refractivity contribution is 0.340. The Morgan fingerprint density at radius 1 is 1.11 bits per heavy atom. The summed E-state index contributed by atoms with van der Waals surface area (Å²) < 4.78 is 5.28. The van der Waals surface area contributed by atoms with Crippen LogP contribution in [0.25, 0.3) is 5.57 Å². The van der Waals surface area contributed by atoms with E-state index in [9.17, 15) is 0 Å². The fourth-order valence-electron chi connectivity index (χ4n) is 2.32. The van der Waals surface area contributed by atoms with Gasteiger partial charge in [-0.05, 0) is 17.2 Å². The molecule has 1 aliphatic heterocycles. The third-order valence-electron chi connectivity index (χ3n) is 3.17.